The van der Waals surface area contributed by atoms with Crippen LogP contribution in [0, 0.1) is 0 Å². The molecule has 1 atom stereocenters. The summed E-state index contributed by atoms with van der Waals surface area (Å²) < 4.78 is 29.8. The van der Waals surface area contributed by atoms with Crippen LogP contribution < -0.4 is 4.74 Å². The molecule has 2 aromatic carbocycles. The number of hydrogen-bond donors (Lipinski definition) is 0. The van der Waals surface area contributed by atoms with Gasteiger partial charge in [-0.05, 0) is 42.7 Å². The highest BCUT2D eigenvalue weighted by molar-refractivity contribution is 7.91. The van der Waals surface area contributed by atoms with E-state index in [9.17, 15) is 13.2 Å². The summed E-state index contributed by atoms with van der Waals surface area (Å²) in [6.07, 6.45) is 5.07. The van der Waals surface area contributed by atoms with E-state index in [1.54, 1.807) is 17.0 Å². The second kappa shape index (κ2) is 10.6. The number of carbonyl (C=O) groups is 1. The molecule has 0 bridgehead atoms. The van der Waals surface area contributed by atoms with Gasteiger partial charge >= 0.3 is 0 Å². The fourth-order valence-electron chi connectivity index (χ4n) is 3.75. The third-order valence-electron chi connectivity index (χ3n) is 5.47. The zero-order chi connectivity index (χ0) is 21.4. The molecule has 0 spiro atoms. The maximum Gasteiger partial charge on any atom is 0.254 e. The fourth-order valence-corrected chi connectivity index (χ4v) is 5.48. The molecule has 5 nitrogen and oxygen atoms in total. The van der Waals surface area contributed by atoms with E-state index in [1.807, 2.05) is 42.5 Å². The third-order valence-corrected chi connectivity index (χ3v) is 7.22. The van der Waals surface area contributed by atoms with Crippen LogP contribution in [0.15, 0.2) is 54.6 Å². The molecule has 2 aromatic rings. The normalized spacial score (nSPS) is 17.6. The Labute approximate surface area is 180 Å². The van der Waals surface area contributed by atoms with E-state index in [-0.39, 0.29) is 23.5 Å². The summed E-state index contributed by atoms with van der Waals surface area (Å²) in [5.41, 5.74) is 1.54. The van der Waals surface area contributed by atoms with Crippen molar-refractivity contribution < 1.29 is 17.9 Å². The number of unbranched alkanes of at least 4 members (excludes halogenated alkanes) is 3. The number of sulfone groups is 1. The van der Waals surface area contributed by atoms with Crippen LogP contribution in [0.4, 0.5) is 0 Å². The lowest BCUT2D eigenvalue weighted by Crippen LogP contribution is -2.40. The zero-order valence-corrected chi connectivity index (χ0v) is 18.4. The van der Waals surface area contributed by atoms with Crippen molar-refractivity contribution in [3.05, 3.63) is 65.7 Å². The lowest BCUT2D eigenvalue weighted by Gasteiger charge is -2.28. The number of rotatable bonds is 10. The number of hydrogen-bond acceptors (Lipinski definition) is 4. The maximum atomic E-state index is 13.3. The molecule has 0 aliphatic carbocycles. The molecule has 0 radical (unpaired) electrons. The lowest BCUT2D eigenvalue weighted by molar-refractivity contribution is 0.0681. The fraction of sp³-hybridized carbons (Fsp3) is 0.458. The van der Waals surface area contributed by atoms with Gasteiger partial charge in [0.15, 0.2) is 9.84 Å². The van der Waals surface area contributed by atoms with Crippen LogP contribution in [0.5, 0.6) is 5.75 Å². The van der Waals surface area contributed by atoms with E-state index < -0.39 is 9.84 Å². The number of carbonyl (C=O) groups excluding carboxylic acids is 1. The number of amides is 1. The second-order valence-electron chi connectivity index (χ2n) is 7.91. The van der Waals surface area contributed by atoms with Crippen molar-refractivity contribution in [1.29, 1.82) is 0 Å². The van der Waals surface area contributed by atoms with Gasteiger partial charge in [0.1, 0.15) is 5.75 Å². The van der Waals surface area contributed by atoms with Crippen molar-refractivity contribution in [2.45, 2.75) is 51.6 Å². The van der Waals surface area contributed by atoms with Crippen LogP contribution in [-0.4, -0.2) is 43.4 Å². The van der Waals surface area contributed by atoms with Gasteiger partial charge in [0.05, 0.1) is 18.1 Å². The predicted octanol–water partition coefficient (Wildman–Crippen LogP) is 4.48. The van der Waals surface area contributed by atoms with Gasteiger partial charge in [-0.25, -0.2) is 8.42 Å². The van der Waals surface area contributed by atoms with Gasteiger partial charge < -0.3 is 9.64 Å². The maximum absolute atomic E-state index is 13.3. The highest BCUT2D eigenvalue weighted by Gasteiger charge is 2.35. The van der Waals surface area contributed by atoms with Crippen molar-refractivity contribution in [3.63, 3.8) is 0 Å². The summed E-state index contributed by atoms with van der Waals surface area (Å²) in [5, 5.41) is 0. The SMILES string of the molecule is CCCCCCOc1ccc(C(=O)N(Cc2ccccc2)C2CCS(=O)(=O)C2)cc1. The summed E-state index contributed by atoms with van der Waals surface area (Å²) in [5.74, 6) is 0.780. The molecule has 1 aliphatic heterocycles. The molecular weight excluding hydrogens is 398 g/mol. The quantitative estimate of drug-likeness (QED) is 0.523. The van der Waals surface area contributed by atoms with Crippen LogP contribution in [0.25, 0.3) is 0 Å². The van der Waals surface area contributed by atoms with Gasteiger partial charge in [0.2, 0.25) is 0 Å². The van der Waals surface area contributed by atoms with Gasteiger partial charge in [0, 0.05) is 18.2 Å². The Morgan fingerprint density at radius 1 is 1.03 bits per heavy atom. The average molecular weight is 430 g/mol. The minimum Gasteiger partial charge on any atom is -0.494 e. The Balaban J connectivity index is 1.69. The topological polar surface area (TPSA) is 63.7 Å². The molecule has 1 aliphatic rings. The molecule has 0 N–H and O–H groups in total. The zero-order valence-electron chi connectivity index (χ0n) is 17.6. The van der Waals surface area contributed by atoms with E-state index in [4.69, 9.17) is 4.74 Å². The van der Waals surface area contributed by atoms with E-state index >= 15 is 0 Å². The summed E-state index contributed by atoms with van der Waals surface area (Å²) in [4.78, 5) is 15.0. The summed E-state index contributed by atoms with van der Waals surface area (Å²) in [7, 11) is -3.09. The Hall–Kier alpha value is -2.34. The first kappa shape index (κ1) is 22.3. The third kappa shape index (κ3) is 6.33. The number of benzene rings is 2. The molecule has 3 rings (SSSR count). The van der Waals surface area contributed by atoms with Gasteiger partial charge in [0.25, 0.3) is 5.91 Å². The predicted molar refractivity (Wildman–Crippen MR) is 119 cm³/mol. The van der Waals surface area contributed by atoms with Crippen LogP contribution >= 0.6 is 0 Å². The Bertz CT molecular complexity index is 910. The molecule has 30 heavy (non-hydrogen) atoms. The van der Waals surface area contributed by atoms with Gasteiger partial charge in [-0.15, -0.1) is 0 Å². The molecule has 6 heteroatoms. The van der Waals surface area contributed by atoms with Crippen LogP contribution in [0.3, 0.4) is 0 Å². The molecule has 1 amide bonds. The van der Waals surface area contributed by atoms with Crippen LogP contribution in [-0.2, 0) is 16.4 Å². The van der Waals surface area contributed by atoms with Gasteiger partial charge in [-0.1, -0.05) is 56.5 Å². The Kier molecular flexibility index (Phi) is 7.91. The van der Waals surface area contributed by atoms with Gasteiger partial charge in [-0.3, -0.25) is 4.79 Å². The van der Waals surface area contributed by atoms with E-state index in [0.717, 1.165) is 24.2 Å². The minimum absolute atomic E-state index is 0.0323. The molecule has 162 valence electrons. The standard InChI is InChI=1S/C24H31NO4S/c1-2-3-4-8-16-29-23-13-11-21(12-14-23)24(26)25(18-20-9-6-5-7-10-20)22-15-17-30(27,28)19-22/h5-7,9-14,22H,2-4,8,15-19H2,1H3. The molecule has 0 saturated carbocycles. The molecule has 1 saturated heterocycles. The lowest BCUT2D eigenvalue weighted by atomic mass is 10.1. The van der Waals surface area contributed by atoms with Crippen molar-refractivity contribution in [2.24, 2.45) is 0 Å². The first-order chi connectivity index (χ1) is 14.5. The largest absolute Gasteiger partial charge is 0.494 e. The van der Waals surface area contributed by atoms with Crippen LogP contribution in [0.1, 0.15) is 54.9 Å². The first-order valence-corrected chi connectivity index (χ1v) is 12.6. The number of nitrogens with zero attached hydrogens (tertiary/aromatic N) is 1. The summed E-state index contributed by atoms with van der Waals surface area (Å²) in [6.45, 7) is 3.25. The Morgan fingerprint density at radius 2 is 1.77 bits per heavy atom. The van der Waals surface area contributed by atoms with Crippen LogP contribution in [0.2, 0.25) is 0 Å². The monoisotopic (exact) mass is 429 g/mol. The van der Waals surface area contributed by atoms with E-state index in [2.05, 4.69) is 6.92 Å². The highest BCUT2D eigenvalue weighted by atomic mass is 32.2. The second-order valence-corrected chi connectivity index (χ2v) is 10.1. The molecule has 1 heterocycles. The van der Waals surface area contributed by atoms with E-state index in [1.165, 1.54) is 12.8 Å². The van der Waals surface area contributed by atoms with Gasteiger partial charge in [-0.2, -0.15) is 0 Å². The van der Waals surface area contributed by atoms with Crippen molar-refractivity contribution in [1.82, 2.24) is 4.90 Å². The molecular formula is C24H31NO4S. The molecule has 1 unspecified atom stereocenters. The van der Waals surface area contributed by atoms with E-state index in [0.29, 0.717) is 25.1 Å². The highest BCUT2D eigenvalue weighted by Crippen LogP contribution is 2.23. The summed E-state index contributed by atoms with van der Waals surface area (Å²) >= 11 is 0. The molecule has 0 aromatic heterocycles. The Morgan fingerprint density at radius 3 is 2.40 bits per heavy atom. The molecule has 1 fully saturated rings. The van der Waals surface area contributed by atoms with Crippen molar-refractivity contribution in [3.8, 4) is 5.75 Å². The van der Waals surface area contributed by atoms with Crippen molar-refractivity contribution >= 4 is 15.7 Å². The van der Waals surface area contributed by atoms with Crippen molar-refractivity contribution in [2.75, 3.05) is 18.1 Å². The minimum atomic E-state index is -3.09. The average Bonchev–Trinajstić information content (AvgIpc) is 3.12. The first-order valence-electron chi connectivity index (χ1n) is 10.8. The summed E-state index contributed by atoms with van der Waals surface area (Å²) in [6, 6.07) is 16.6. The number of ether oxygens (including phenoxy) is 1. The smallest absolute Gasteiger partial charge is 0.254 e.